The van der Waals surface area contributed by atoms with E-state index in [1.54, 1.807) is 7.11 Å². The van der Waals surface area contributed by atoms with Crippen molar-refractivity contribution in [1.82, 2.24) is 5.48 Å². The van der Waals surface area contributed by atoms with Crippen LogP contribution < -0.4 is 5.48 Å². The van der Waals surface area contributed by atoms with E-state index in [9.17, 15) is 0 Å². The molecule has 0 amide bonds. The van der Waals surface area contributed by atoms with Crippen LogP contribution in [0.4, 0.5) is 0 Å². The number of nitrogens with zero attached hydrogens (tertiary/aromatic N) is 1. The van der Waals surface area contributed by atoms with E-state index in [-0.39, 0.29) is 0 Å². The summed E-state index contributed by atoms with van der Waals surface area (Å²) in [7, 11) is 1.59. The van der Waals surface area contributed by atoms with Gasteiger partial charge in [-0.3, -0.25) is 9.83 Å². The van der Waals surface area contributed by atoms with Crippen molar-refractivity contribution in [1.29, 1.82) is 0 Å². The number of rotatable bonds is 4. The predicted octanol–water partition coefficient (Wildman–Crippen LogP) is 2.24. The molecule has 0 spiro atoms. The second-order valence-electron chi connectivity index (χ2n) is 3.76. The lowest BCUT2D eigenvalue weighted by atomic mass is 10.2. The standard InChI is InChI=1S/C12H18N2O/c1-10(2)9-13-12(14-15-3)11-7-5-4-6-8-11/h4-8,10H,9H2,1-3H3,(H,13,14). The van der Waals surface area contributed by atoms with Crippen molar-refractivity contribution in [3.63, 3.8) is 0 Å². The van der Waals surface area contributed by atoms with Crippen LogP contribution in [0.3, 0.4) is 0 Å². The van der Waals surface area contributed by atoms with E-state index in [1.165, 1.54) is 0 Å². The van der Waals surface area contributed by atoms with Crippen LogP contribution in [0.15, 0.2) is 35.3 Å². The van der Waals surface area contributed by atoms with Gasteiger partial charge in [-0.2, -0.15) is 0 Å². The van der Waals surface area contributed by atoms with Crippen molar-refractivity contribution in [2.45, 2.75) is 13.8 Å². The Bertz CT molecular complexity index is 307. The monoisotopic (exact) mass is 206 g/mol. The van der Waals surface area contributed by atoms with Gasteiger partial charge in [-0.15, -0.1) is 0 Å². The maximum Gasteiger partial charge on any atom is 0.152 e. The summed E-state index contributed by atoms with van der Waals surface area (Å²) in [6.45, 7) is 5.07. The van der Waals surface area contributed by atoms with Crippen LogP contribution in [0.5, 0.6) is 0 Å². The lowest BCUT2D eigenvalue weighted by Crippen LogP contribution is -2.24. The zero-order chi connectivity index (χ0) is 11.1. The highest BCUT2D eigenvalue weighted by Gasteiger charge is 2.01. The van der Waals surface area contributed by atoms with Crippen molar-refractivity contribution in [3.8, 4) is 0 Å². The zero-order valence-electron chi connectivity index (χ0n) is 9.53. The number of hydrogen-bond acceptors (Lipinski definition) is 2. The normalized spacial score (nSPS) is 11.9. The van der Waals surface area contributed by atoms with Crippen LogP contribution in [0, 0.1) is 5.92 Å². The molecule has 0 aliphatic heterocycles. The maximum atomic E-state index is 4.91. The lowest BCUT2D eigenvalue weighted by molar-refractivity contribution is 0.144. The Morgan fingerprint density at radius 3 is 2.53 bits per heavy atom. The Hall–Kier alpha value is -1.35. The van der Waals surface area contributed by atoms with Gasteiger partial charge in [-0.05, 0) is 5.92 Å². The van der Waals surface area contributed by atoms with Gasteiger partial charge >= 0.3 is 0 Å². The number of hydrogen-bond donors (Lipinski definition) is 1. The van der Waals surface area contributed by atoms with Gasteiger partial charge in [0.15, 0.2) is 5.84 Å². The number of aliphatic imine (C=N–C) groups is 1. The first-order valence-electron chi connectivity index (χ1n) is 5.13. The quantitative estimate of drug-likeness (QED) is 0.465. The molecule has 0 aliphatic rings. The first kappa shape index (κ1) is 11.7. The molecule has 3 nitrogen and oxygen atoms in total. The average molecular weight is 206 g/mol. The molecule has 0 atom stereocenters. The van der Waals surface area contributed by atoms with Crippen LogP contribution in [0.25, 0.3) is 0 Å². The number of amidine groups is 1. The summed E-state index contributed by atoms with van der Waals surface area (Å²) >= 11 is 0. The van der Waals surface area contributed by atoms with E-state index in [4.69, 9.17) is 4.84 Å². The molecule has 1 aromatic rings. The van der Waals surface area contributed by atoms with Crippen molar-refractivity contribution < 1.29 is 4.84 Å². The lowest BCUT2D eigenvalue weighted by Gasteiger charge is -2.08. The third kappa shape index (κ3) is 4.13. The van der Waals surface area contributed by atoms with Gasteiger partial charge in [0, 0.05) is 12.1 Å². The molecule has 15 heavy (non-hydrogen) atoms. The first-order valence-corrected chi connectivity index (χ1v) is 5.13. The topological polar surface area (TPSA) is 33.6 Å². The summed E-state index contributed by atoms with van der Waals surface area (Å²) in [5.41, 5.74) is 3.85. The first-order chi connectivity index (χ1) is 7.24. The molecule has 1 rings (SSSR count). The van der Waals surface area contributed by atoms with E-state index < -0.39 is 0 Å². The van der Waals surface area contributed by atoms with Gasteiger partial charge in [0.1, 0.15) is 0 Å². The summed E-state index contributed by atoms with van der Waals surface area (Å²) in [5.74, 6) is 1.33. The molecule has 3 heteroatoms. The van der Waals surface area contributed by atoms with E-state index in [0.29, 0.717) is 5.92 Å². The number of nitrogens with one attached hydrogen (secondary N) is 1. The van der Waals surface area contributed by atoms with Crippen LogP contribution in [-0.2, 0) is 4.84 Å². The Balaban J connectivity index is 2.78. The smallest absolute Gasteiger partial charge is 0.152 e. The predicted molar refractivity (Wildman–Crippen MR) is 62.8 cm³/mol. The number of benzene rings is 1. The minimum Gasteiger partial charge on any atom is -0.278 e. The van der Waals surface area contributed by atoms with E-state index in [0.717, 1.165) is 17.9 Å². The van der Waals surface area contributed by atoms with Gasteiger partial charge in [0.05, 0.1) is 7.11 Å². The Morgan fingerprint density at radius 2 is 2.00 bits per heavy atom. The maximum absolute atomic E-state index is 4.91. The molecule has 0 saturated carbocycles. The van der Waals surface area contributed by atoms with E-state index in [1.807, 2.05) is 30.3 Å². The van der Waals surface area contributed by atoms with Crippen molar-refractivity contribution in [2.24, 2.45) is 10.9 Å². The third-order valence-electron chi connectivity index (χ3n) is 1.86. The second kappa shape index (κ2) is 6.19. The summed E-state index contributed by atoms with van der Waals surface area (Å²) in [5, 5.41) is 0. The minimum absolute atomic E-state index is 0.544. The summed E-state index contributed by atoms with van der Waals surface area (Å²) < 4.78 is 0. The molecule has 0 saturated heterocycles. The molecule has 82 valence electrons. The summed E-state index contributed by atoms with van der Waals surface area (Å²) in [6.07, 6.45) is 0. The van der Waals surface area contributed by atoms with Crippen LogP contribution >= 0.6 is 0 Å². The minimum atomic E-state index is 0.544. The highest BCUT2D eigenvalue weighted by atomic mass is 16.6. The second-order valence-corrected chi connectivity index (χ2v) is 3.76. The highest BCUT2D eigenvalue weighted by molar-refractivity contribution is 5.98. The fraction of sp³-hybridized carbons (Fsp3) is 0.417. The van der Waals surface area contributed by atoms with Crippen molar-refractivity contribution in [2.75, 3.05) is 13.7 Å². The van der Waals surface area contributed by atoms with Gasteiger partial charge < -0.3 is 0 Å². The highest BCUT2D eigenvalue weighted by Crippen LogP contribution is 2.01. The zero-order valence-corrected chi connectivity index (χ0v) is 9.53. The Kier molecular flexibility index (Phi) is 4.84. The van der Waals surface area contributed by atoms with Crippen LogP contribution in [-0.4, -0.2) is 19.5 Å². The summed E-state index contributed by atoms with van der Waals surface area (Å²) in [4.78, 5) is 9.37. The molecule has 1 N–H and O–H groups in total. The van der Waals surface area contributed by atoms with E-state index in [2.05, 4.69) is 24.3 Å². The van der Waals surface area contributed by atoms with Crippen molar-refractivity contribution in [3.05, 3.63) is 35.9 Å². The summed E-state index contributed by atoms with van der Waals surface area (Å²) in [6, 6.07) is 9.96. The van der Waals surface area contributed by atoms with Gasteiger partial charge in [0.25, 0.3) is 0 Å². The molecule has 1 aromatic carbocycles. The Labute approximate surface area is 91.1 Å². The third-order valence-corrected chi connectivity index (χ3v) is 1.86. The molecule has 0 radical (unpaired) electrons. The van der Waals surface area contributed by atoms with E-state index >= 15 is 0 Å². The average Bonchev–Trinajstić information content (AvgIpc) is 2.25. The van der Waals surface area contributed by atoms with Crippen molar-refractivity contribution >= 4 is 5.84 Å². The molecule has 0 heterocycles. The van der Waals surface area contributed by atoms with Gasteiger partial charge in [0.2, 0.25) is 0 Å². The van der Waals surface area contributed by atoms with Gasteiger partial charge in [-0.25, -0.2) is 5.48 Å². The fourth-order valence-electron chi connectivity index (χ4n) is 1.15. The van der Waals surface area contributed by atoms with Crippen LogP contribution in [0.1, 0.15) is 19.4 Å². The number of hydroxylamine groups is 1. The van der Waals surface area contributed by atoms with Crippen LogP contribution in [0.2, 0.25) is 0 Å². The molecular weight excluding hydrogens is 188 g/mol. The van der Waals surface area contributed by atoms with Gasteiger partial charge in [-0.1, -0.05) is 44.2 Å². The fourth-order valence-corrected chi connectivity index (χ4v) is 1.15. The molecule has 0 bridgehead atoms. The molecular formula is C12H18N2O. The molecule has 0 aliphatic carbocycles. The molecule has 0 aromatic heterocycles. The Morgan fingerprint density at radius 1 is 1.33 bits per heavy atom. The molecule has 0 fully saturated rings. The SMILES string of the molecule is CONC(=NCC(C)C)c1ccccc1. The largest absolute Gasteiger partial charge is 0.278 e. The molecule has 0 unspecified atom stereocenters.